The van der Waals surface area contributed by atoms with Gasteiger partial charge in [-0.15, -0.1) is 41.6 Å². The number of aliphatic hydroxyl groups is 1. The Morgan fingerprint density at radius 3 is 1.02 bits per heavy atom. The van der Waals surface area contributed by atoms with Crippen molar-refractivity contribution in [2.45, 2.75) is 53.0 Å². The van der Waals surface area contributed by atoms with Crippen LogP contribution in [0.3, 0.4) is 0 Å². The van der Waals surface area contributed by atoms with E-state index in [9.17, 15) is 118 Å². The number of hydrogen-bond donors (Lipinski definition) is 7. The smallest absolute Gasteiger partial charge is 0.744 e. The summed E-state index contributed by atoms with van der Waals surface area (Å²) in [5, 5.41) is 105. The van der Waals surface area contributed by atoms with Gasteiger partial charge in [0.2, 0.25) is 0 Å². The van der Waals surface area contributed by atoms with Crippen LogP contribution in [0.4, 0.5) is 34.1 Å². The summed E-state index contributed by atoms with van der Waals surface area (Å²) in [5.41, 5.74) is -1.21. The molecule has 0 saturated heterocycles. The van der Waals surface area contributed by atoms with Crippen LogP contribution in [0.15, 0.2) is 210 Å². The molecule has 0 aliphatic rings. The molecule has 0 heterocycles. The normalized spacial score (nSPS) is 11.6. The molecule has 0 fully saturated rings. The third-order valence-corrected chi connectivity index (χ3v) is 19.8. The van der Waals surface area contributed by atoms with E-state index in [2.05, 4.69) is 51.5 Å². The number of aliphatic hydroxyl groups excluding tert-OH is 1. The number of phenolic OH excluding ortho intramolecular Hbond substituents is 6. The molecule has 0 spiro atoms. The summed E-state index contributed by atoms with van der Waals surface area (Å²) in [4.78, 5) is 4.60. The second kappa shape index (κ2) is 54.4. The van der Waals surface area contributed by atoms with Crippen molar-refractivity contribution in [2.24, 2.45) is 30.7 Å². The van der Waals surface area contributed by atoms with Gasteiger partial charge in [-0.25, -0.2) is 64.5 Å². The zero-order valence-corrected chi connectivity index (χ0v) is 82.6. The van der Waals surface area contributed by atoms with Gasteiger partial charge in [-0.2, -0.15) is 8.67 Å². The molecule has 114 heavy (non-hydrogen) atoms. The van der Waals surface area contributed by atoms with Crippen LogP contribution in [0.25, 0.3) is 32.3 Å². The summed E-state index contributed by atoms with van der Waals surface area (Å²) in [6.07, 6.45) is 2.09. The van der Waals surface area contributed by atoms with E-state index in [0.717, 1.165) is 78.3 Å². The molecule has 9 aromatic rings. The molecule has 3 radical (unpaired) electrons. The molecule has 0 aliphatic carbocycles. The van der Waals surface area contributed by atoms with Crippen molar-refractivity contribution in [3.8, 4) is 34.5 Å². The fraction of sp³-hybridized carbons (Fsp3) is 0.107. The molecule has 9 rings (SSSR count). The molecule has 58 heteroatoms. The van der Waals surface area contributed by atoms with Crippen LogP contribution >= 0.6 is 24.1 Å². The van der Waals surface area contributed by atoms with Crippen LogP contribution in [0.5, 0.6) is 34.5 Å². The number of nitrogens with zero attached hydrogens (tertiary/aromatic N) is 6. The Morgan fingerprint density at radius 1 is 0.421 bits per heavy atom. The number of allylic oxidation sites excluding steroid dienone is 1. The maximum atomic E-state index is 11.6. The standard InChI is InChI=1S/C19H16N2O8S2.C18H16N2O14S4.C18H16N2O11S3.CH4.3Cu.7Na/c1-2-3-11-4-7-16(22)15(8-11)20-21-18-14-6-5-13(30(24,25)26)9-12(14)10-17(19(18)23)31(27,28)29;21-15-4-1-11(35-33-31-5-6-36(24)34-32-23)9-14(15)19-20-17-13-3-2-12(37(25,26)27)7-10(13)8-16(18(17)22)38(28,29)30;21-5-6-30-31-32-11-1-4-15(22)14(9-11)19-20-17-13-3-2-12(33(24,25)26)7-10(13)8-16(18(17)23)34(27,28)29;;;;;;;;;;;/h2,4-10,22-23H,1,3H2,(H,24,25,26)(H,27,28,29);1-4,7-9,21-23H,5-6H2,(H,25,26,27)(H,28,29,30);1-4,7-9,21-23H,5-6H2,(H,24,25,26)(H,27,28,29);1H4;;;;;;;;;;/q;;;;;;;7*+1/p-7. The van der Waals surface area contributed by atoms with Crippen LogP contribution < -0.4 is 212 Å². The molecule has 0 aliphatic heterocycles. The molecule has 1 atom stereocenters. The maximum Gasteiger partial charge on any atom is 1.00 e. The van der Waals surface area contributed by atoms with Crippen molar-refractivity contribution in [2.75, 3.05) is 25.6 Å². The number of aromatic hydroxyl groups is 6. The average molecular weight is 1970 g/mol. The minimum atomic E-state index is -5.28. The minimum Gasteiger partial charge on any atom is -0.744 e. The van der Waals surface area contributed by atoms with E-state index in [-0.39, 0.29) is 357 Å². The molecule has 0 bridgehead atoms. The second-order valence-corrected chi connectivity index (χ2v) is 30.5. The van der Waals surface area contributed by atoms with Gasteiger partial charge in [-0.05, 0) is 131 Å². The summed E-state index contributed by atoms with van der Waals surface area (Å²) in [6, 6.07) is 22.8. The molecule has 7 N–H and O–H groups in total. The van der Waals surface area contributed by atoms with Gasteiger partial charge in [-0.3, -0.25) is 5.04 Å². The van der Waals surface area contributed by atoms with Crippen LogP contribution in [-0.4, -0.2) is 143 Å². The van der Waals surface area contributed by atoms with Crippen LogP contribution in [0, 0.1) is 0 Å². The second-order valence-electron chi connectivity index (χ2n) is 19.6. The third kappa shape index (κ3) is 35.3. The molecule has 0 saturated carbocycles. The van der Waals surface area contributed by atoms with E-state index in [1.165, 1.54) is 48.5 Å². The summed E-state index contributed by atoms with van der Waals surface area (Å²) in [7, 11) is -30.4. The molecular weight excluding hydrogens is 1920 g/mol. The van der Waals surface area contributed by atoms with Gasteiger partial charge in [0.15, 0.2) is 28.3 Å². The van der Waals surface area contributed by atoms with Gasteiger partial charge in [-0.1, -0.05) is 37.8 Å². The topological polar surface area (TPSA) is 654 Å². The molecule has 39 nitrogen and oxygen atoms in total. The summed E-state index contributed by atoms with van der Waals surface area (Å²) in [6.45, 7) is 2.99. The monoisotopic (exact) mass is 1970 g/mol. The Balaban J connectivity index is -0.000000499. The maximum absolute atomic E-state index is 11.6. The number of fused-ring (bicyclic) bond motifs is 3. The Bertz CT molecular complexity index is 5680. The fourth-order valence-electron chi connectivity index (χ4n) is 8.25. The van der Waals surface area contributed by atoms with E-state index in [1.807, 2.05) is 0 Å². The predicted octanol–water partition coefficient (Wildman–Crippen LogP) is -13.4. The van der Waals surface area contributed by atoms with Crippen molar-refractivity contribution in [3.05, 3.63) is 146 Å². The van der Waals surface area contributed by atoms with E-state index >= 15 is 0 Å². The average Bonchev–Trinajstić information content (AvgIpc) is 0.773. The first-order valence-electron chi connectivity index (χ1n) is 27.0. The number of benzene rings is 9. The zero-order chi connectivity index (χ0) is 76.2. The fourth-order valence-corrected chi connectivity index (χ4v) is 12.9. The molecule has 591 valence electrons. The van der Waals surface area contributed by atoms with Crippen LogP contribution in [0.2, 0.25) is 0 Å². The van der Waals surface area contributed by atoms with Gasteiger partial charge in [0.25, 0.3) is 0 Å². The summed E-state index contributed by atoms with van der Waals surface area (Å²) >= 11 is -0.715. The zero-order valence-electron chi connectivity index (χ0n) is 58.5. The van der Waals surface area contributed by atoms with Crippen molar-refractivity contribution < 1.29 is 409 Å². The van der Waals surface area contributed by atoms with E-state index in [1.54, 1.807) is 12.1 Å². The number of azo groups is 3. The largest absolute Gasteiger partial charge is 1.00 e. The summed E-state index contributed by atoms with van der Waals surface area (Å²) < 4.78 is 231. The minimum absolute atomic E-state index is 0. The van der Waals surface area contributed by atoms with Crippen molar-refractivity contribution in [1.82, 2.24) is 0 Å². The summed E-state index contributed by atoms with van der Waals surface area (Å²) in [5.74, 6) is -4.45. The van der Waals surface area contributed by atoms with Gasteiger partial charge in [0, 0.05) is 77.2 Å². The molecule has 0 amide bonds. The van der Waals surface area contributed by atoms with Crippen LogP contribution in [0.1, 0.15) is 13.0 Å². The first-order valence-corrected chi connectivity index (χ1v) is 38.2. The Hall–Kier alpha value is -0.352. The molecule has 9 aromatic carbocycles. The van der Waals surface area contributed by atoms with Gasteiger partial charge < -0.3 is 68.3 Å². The predicted molar refractivity (Wildman–Crippen MR) is 350 cm³/mol. The first-order chi connectivity index (χ1) is 48.1. The quantitative estimate of drug-likeness (QED) is 0.00367. The van der Waals surface area contributed by atoms with Crippen molar-refractivity contribution in [3.63, 3.8) is 0 Å². The molecule has 0 aromatic heterocycles. The van der Waals surface area contributed by atoms with Crippen LogP contribution in [-0.2, 0) is 157 Å². The number of rotatable bonds is 27. The Labute approximate surface area is 847 Å². The molecular formula is C56H45Cu3N6Na7O33S9. The van der Waals surface area contributed by atoms with Gasteiger partial charge >= 0.3 is 207 Å². The van der Waals surface area contributed by atoms with Gasteiger partial charge in [0.1, 0.15) is 119 Å². The van der Waals surface area contributed by atoms with Crippen molar-refractivity contribution in [1.29, 1.82) is 0 Å². The van der Waals surface area contributed by atoms with Gasteiger partial charge in [0.05, 0.1) is 72.4 Å². The first kappa shape index (κ1) is 122. The van der Waals surface area contributed by atoms with E-state index in [0.29, 0.717) is 35.5 Å². The molecule has 1 unspecified atom stereocenters. The SMILES string of the molecule is C.C=CCc1ccc(O)c(N=Nc2c(O)c(S(=O)(=O)[O-])cc3cc(S(=O)(=O)[O-])ccc23)c1.O=S(=O)([O-])c1ccc2c(N=Nc3cc(SOOCCO)ccc3O)c(O)c(S(=O)(=O)[O-])cc2c1.O=S(CCOOSc1ccc(O)c(N=Nc2c(O)c(S(=O)(=O)[O-])cc3cc(S(=O)(=O)[O-])ccc23)c1)OO[O-].[Cu].[Cu].[Cu].[Na+].[Na+].[Na+].[Na+].[Na+].[Na+].[Na+]. The van der Waals surface area contributed by atoms with E-state index in [4.69, 9.17) is 18.7 Å². The Morgan fingerprint density at radius 2 is 0.728 bits per heavy atom. The van der Waals surface area contributed by atoms with E-state index < -0.39 is 141 Å². The Kier molecular flexibility index (Phi) is 58.3. The van der Waals surface area contributed by atoms with Crippen molar-refractivity contribution >= 4 is 162 Å². The number of hydrogen-bond acceptors (Lipinski definition) is 41. The third-order valence-electron chi connectivity index (χ3n) is 12.8. The number of phenols is 6.